The number of hydrogen-bond acceptors (Lipinski definition) is 3. The van der Waals surface area contributed by atoms with Crippen molar-refractivity contribution >= 4 is 11.9 Å². The Labute approximate surface area is 204 Å². The summed E-state index contributed by atoms with van der Waals surface area (Å²) >= 11 is 0. The van der Waals surface area contributed by atoms with Crippen LogP contribution in [-0.4, -0.2) is 26.8 Å². The third-order valence-electron chi connectivity index (χ3n) is 5.37. The molecule has 35 heavy (non-hydrogen) atoms. The lowest BCUT2D eigenvalue weighted by Gasteiger charge is -2.20. The van der Waals surface area contributed by atoms with Crippen molar-refractivity contribution in [3.8, 4) is 0 Å². The molecule has 2 rings (SSSR count). The van der Waals surface area contributed by atoms with Crippen LogP contribution < -0.4 is 5.49 Å². The Morgan fingerprint density at radius 2 is 1.66 bits per heavy atom. The average molecular weight is 496 g/mol. The molecule has 0 atom stereocenters. The van der Waals surface area contributed by atoms with E-state index in [0.29, 0.717) is 12.0 Å². The standard InChI is InChI=1S/C26H36F3N3O3/c1-9-10-13-32-21(16-20(31(32)8)24(2,3)4)30-23(34)19-15-18(26(27,28)29)12-11-17(19)14-22(33)35-25(5,6)7/h11-12,15-16H,9-10,13-14H2,1-8H3. The molecule has 0 aliphatic heterocycles. The Morgan fingerprint density at radius 1 is 1.03 bits per heavy atom. The fourth-order valence-corrected chi connectivity index (χ4v) is 3.74. The molecule has 6 nitrogen and oxygen atoms in total. The summed E-state index contributed by atoms with van der Waals surface area (Å²) in [7, 11) is 1.87. The van der Waals surface area contributed by atoms with Gasteiger partial charge >= 0.3 is 12.1 Å². The van der Waals surface area contributed by atoms with E-state index >= 15 is 0 Å². The van der Waals surface area contributed by atoms with Crippen molar-refractivity contribution in [3.63, 3.8) is 0 Å². The summed E-state index contributed by atoms with van der Waals surface area (Å²) < 4.78 is 49.4. The van der Waals surface area contributed by atoms with Crippen molar-refractivity contribution < 1.29 is 27.5 Å². The van der Waals surface area contributed by atoms with Crippen LogP contribution in [-0.2, 0) is 41.1 Å². The van der Waals surface area contributed by atoms with E-state index in [1.807, 2.05) is 44.1 Å². The molecule has 0 bridgehead atoms. The maximum Gasteiger partial charge on any atom is 0.416 e. The monoisotopic (exact) mass is 495 g/mol. The first-order valence-electron chi connectivity index (χ1n) is 11.7. The van der Waals surface area contributed by atoms with Gasteiger partial charge in [0.05, 0.1) is 12.0 Å². The first-order valence-corrected chi connectivity index (χ1v) is 11.7. The van der Waals surface area contributed by atoms with E-state index in [0.717, 1.165) is 36.7 Å². The second-order valence-electron chi connectivity index (χ2n) is 10.7. The molecule has 0 saturated carbocycles. The molecule has 194 valence electrons. The first-order chi connectivity index (χ1) is 15.9. The SMILES string of the molecule is CCCCn1c(=NC(=O)c2cc(C(F)(F)F)ccc2CC(=O)OC(C)(C)C)cc(C(C)(C)C)n1C. The number of rotatable bonds is 6. The summed E-state index contributed by atoms with van der Waals surface area (Å²) in [6, 6.07) is 4.55. The van der Waals surface area contributed by atoms with Crippen LogP contribution in [0.4, 0.5) is 13.2 Å². The number of halogens is 3. The summed E-state index contributed by atoms with van der Waals surface area (Å²) in [5, 5.41) is 0. The number of carbonyl (C=O) groups is 2. The van der Waals surface area contributed by atoms with Gasteiger partial charge in [0, 0.05) is 36.3 Å². The summed E-state index contributed by atoms with van der Waals surface area (Å²) in [6.45, 7) is 13.8. The second-order valence-corrected chi connectivity index (χ2v) is 10.7. The Kier molecular flexibility index (Phi) is 8.45. The van der Waals surface area contributed by atoms with E-state index in [9.17, 15) is 22.8 Å². The van der Waals surface area contributed by atoms with Gasteiger partial charge in [-0.15, -0.1) is 0 Å². The molecule has 0 unspecified atom stereocenters. The van der Waals surface area contributed by atoms with Gasteiger partial charge in [-0.05, 0) is 44.9 Å². The number of benzene rings is 1. The van der Waals surface area contributed by atoms with E-state index in [1.165, 1.54) is 0 Å². The maximum absolute atomic E-state index is 13.4. The van der Waals surface area contributed by atoms with E-state index in [2.05, 4.69) is 4.99 Å². The molecule has 1 heterocycles. The maximum atomic E-state index is 13.4. The molecule has 1 aromatic carbocycles. The number of nitrogens with zero attached hydrogens (tertiary/aromatic N) is 3. The normalized spacial score (nSPS) is 13.3. The molecule has 0 radical (unpaired) electrons. The lowest BCUT2D eigenvalue weighted by atomic mass is 9.92. The third-order valence-corrected chi connectivity index (χ3v) is 5.37. The lowest BCUT2D eigenvalue weighted by molar-refractivity contribution is -0.153. The van der Waals surface area contributed by atoms with E-state index < -0.39 is 29.2 Å². The average Bonchev–Trinajstić information content (AvgIpc) is 2.99. The highest BCUT2D eigenvalue weighted by Crippen LogP contribution is 2.31. The predicted molar refractivity (Wildman–Crippen MR) is 128 cm³/mol. The lowest BCUT2D eigenvalue weighted by Crippen LogP contribution is -2.26. The first kappa shape index (κ1) is 28.4. The molecule has 9 heteroatoms. The quantitative estimate of drug-likeness (QED) is 0.492. The van der Waals surface area contributed by atoms with E-state index in [-0.39, 0.29) is 23.0 Å². The molecular weight excluding hydrogens is 459 g/mol. The minimum Gasteiger partial charge on any atom is -0.460 e. The molecule has 1 aromatic heterocycles. The molecule has 0 fully saturated rings. The number of amides is 1. The Balaban J connectivity index is 2.64. The summed E-state index contributed by atoms with van der Waals surface area (Å²) in [4.78, 5) is 29.9. The van der Waals surface area contributed by atoms with Crippen LogP contribution in [0.3, 0.4) is 0 Å². The molecule has 0 aliphatic rings. The topological polar surface area (TPSA) is 65.6 Å². The fraction of sp³-hybridized carbons (Fsp3) is 0.577. The number of aromatic nitrogens is 2. The molecule has 0 spiro atoms. The summed E-state index contributed by atoms with van der Waals surface area (Å²) in [5.74, 6) is -1.48. The van der Waals surface area contributed by atoms with Gasteiger partial charge in [-0.1, -0.05) is 40.2 Å². The number of hydrogen-bond donors (Lipinski definition) is 0. The zero-order chi connectivity index (χ0) is 26.8. The van der Waals surface area contributed by atoms with E-state index in [1.54, 1.807) is 26.8 Å². The van der Waals surface area contributed by atoms with Crippen LogP contribution in [0.5, 0.6) is 0 Å². The fourth-order valence-electron chi connectivity index (χ4n) is 3.74. The van der Waals surface area contributed by atoms with Crippen molar-refractivity contribution in [1.29, 1.82) is 0 Å². The van der Waals surface area contributed by atoms with Gasteiger partial charge in [0.15, 0.2) is 5.49 Å². The van der Waals surface area contributed by atoms with Crippen LogP contribution in [0, 0.1) is 0 Å². The van der Waals surface area contributed by atoms with Crippen molar-refractivity contribution in [3.05, 3.63) is 52.1 Å². The van der Waals surface area contributed by atoms with Crippen molar-refractivity contribution in [1.82, 2.24) is 9.36 Å². The largest absolute Gasteiger partial charge is 0.460 e. The number of unbranched alkanes of at least 4 members (excludes halogenated alkanes) is 1. The van der Waals surface area contributed by atoms with Gasteiger partial charge in [0.25, 0.3) is 5.91 Å². The van der Waals surface area contributed by atoms with Gasteiger partial charge in [-0.2, -0.15) is 18.2 Å². The van der Waals surface area contributed by atoms with Gasteiger partial charge in [0.2, 0.25) is 0 Å². The smallest absolute Gasteiger partial charge is 0.416 e. The minimum atomic E-state index is -4.65. The molecular formula is C26H36F3N3O3. The van der Waals surface area contributed by atoms with Crippen molar-refractivity contribution in [2.75, 3.05) is 0 Å². The molecule has 0 aliphatic carbocycles. The Morgan fingerprint density at radius 3 is 2.17 bits per heavy atom. The van der Waals surface area contributed by atoms with Gasteiger partial charge in [-0.3, -0.25) is 19.0 Å². The third kappa shape index (κ3) is 7.57. The molecule has 2 aromatic rings. The zero-order valence-corrected chi connectivity index (χ0v) is 21.8. The van der Waals surface area contributed by atoms with Crippen molar-refractivity contribution in [2.24, 2.45) is 12.0 Å². The summed E-state index contributed by atoms with van der Waals surface area (Å²) in [6.07, 6.45) is -3.23. The number of esters is 1. The Hall–Kier alpha value is -2.84. The number of alkyl halides is 3. The van der Waals surface area contributed by atoms with E-state index in [4.69, 9.17) is 4.74 Å². The highest BCUT2D eigenvalue weighted by atomic mass is 19.4. The van der Waals surface area contributed by atoms with Crippen LogP contribution in [0.2, 0.25) is 0 Å². The minimum absolute atomic E-state index is 0.132. The summed E-state index contributed by atoms with van der Waals surface area (Å²) in [5.41, 5.74) is -0.837. The van der Waals surface area contributed by atoms with Crippen LogP contribution in [0.25, 0.3) is 0 Å². The molecule has 0 N–H and O–H groups in total. The van der Waals surface area contributed by atoms with Crippen molar-refractivity contribution in [2.45, 2.75) is 91.5 Å². The van der Waals surface area contributed by atoms with Gasteiger partial charge < -0.3 is 4.74 Å². The molecule has 1 amide bonds. The van der Waals surface area contributed by atoms with Crippen LogP contribution in [0.1, 0.15) is 88.5 Å². The van der Waals surface area contributed by atoms with Crippen LogP contribution >= 0.6 is 0 Å². The highest BCUT2D eigenvalue weighted by molar-refractivity contribution is 5.97. The Bertz CT molecular complexity index is 1140. The predicted octanol–water partition coefficient (Wildman–Crippen LogP) is 5.57. The number of ether oxygens (including phenoxy) is 1. The highest BCUT2D eigenvalue weighted by Gasteiger charge is 2.32. The van der Waals surface area contributed by atoms with Crippen LogP contribution in [0.15, 0.2) is 29.3 Å². The van der Waals surface area contributed by atoms with Gasteiger partial charge in [-0.25, -0.2) is 0 Å². The second kappa shape index (κ2) is 10.4. The number of carbonyl (C=O) groups excluding carboxylic acids is 2. The van der Waals surface area contributed by atoms with Gasteiger partial charge in [0.1, 0.15) is 5.60 Å². The zero-order valence-electron chi connectivity index (χ0n) is 21.8. The molecule has 0 saturated heterocycles.